The molecular formula is C24H29ClN4O4S2. The maximum Gasteiger partial charge on any atom is 0.259 e. The van der Waals surface area contributed by atoms with Gasteiger partial charge in [0.2, 0.25) is 15.9 Å². The van der Waals surface area contributed by atoms with Gasteiger partial charge in [0.05, 0.1) is 18.2 Å². The molecule has 5 rings (SSSR count). The average Bonchev–Trinajstić information content (AvgIpc) is 3.53. The molecule has 3 aromatic heterocycles. The van der Waals surface area contributed by atoms with Crippen LogP contribution in [0.25, 0.3) is 21.2 Å². The van der Waals surface area contributed by atoms with Gasteiger partial charge in [0.1, 0.15) is 5.15 Å². The lowest BCUT2D eigenvalue weighted by atomic mass is 10.1. The van der Waals surface area contributed by atoms with Gasteiger partial charge in [-0.1, -0.05) is 11.6 Å². The molecule has 1 atom stereocenters. The number of aryl methyl sites for hydroxylation is 1. The number of ether oxygens (including phenoxy) is 1. The second-order valence-electron chi connectivity index (χ2n) is 9.63. The Morgan fingerprint density at radius 1 is 1.23 bits per heavy atom. The van der Waals surface area contributed by atoms with Crippen molar-refractivity contribution >= 4 is 43.0 Å². The number of aromatic nitrogens is 2. The first-order chi connectivity index (χ1) is 16.6. The van der Waals surface area contributed by atoms with E-state index in [0.717, 1.165) is 20.7 Å². The number of sulfonamides is 1. The molecular weight excluding hydrogens is 508 g/mol. The van der Waals surface area contributed by atoms with Gasteiger partial charge in [-0.25, -0.2) is 13.4 Å². The van der Waals surface area contributed by atoms with Gasteiger partial charge in [-0.15, -0.1) is 11.3 Å². The molecule has 0 amide bonds. The summed E-state index contributed by atoms with van der Waals surface area (Å²) >= 11 is 7.93. The average molecular weight is 537 g/mol. The first-order valence-corrected chi connectivity index (χ1v) is 14.7. The minimum absolute atomic E-state index is 0.0495. The summed E-state index contributed by atoms with van der Waals surface area (Å²) in [5.74, 6) is 1.10. The summed E-state index contributed by atoms with van der Waals surface area (Å²) in [7, 11) is -1.44. The van der Waals surface area contributed by atoms with E-state index in [-0.39, 0.29) is 11.6 Å². The zero-order valence-electron chi connectivity index (χ0n) is 20.0. The van der Waals surface area contributed by atoms with Crippen LogP contribution >= 0.6 is 22.9 Å². The maximum absolute atomic E-state index is 13.0. The van der Waals surface area contributed by atoms with Gasteiger partial charge in [-0.05, 0) is 43.4 Å². The monoisotopic (exact) mass is 536 g/mol. The van der Waals surface area contributed by atoms with Crippen molar-refractivity contribution in [2.75, 3.05) is 32.5 Å². The van der Waals surface area contributed by atoms with E-state index in [1.807, 2.05) is 25.3 Å². The zero-order valence-corrected chi connectivity index (χ0v) is 22.4. The van der Waals surface area contributed by atoms with Crippen molar-refractivity contribution in [2.45, 2.75) is 32.4 Å². The SMILES string of the molecule is CC1CN(S(C)(=O)=O)CCN1Cc1cc2c(=O)n(C)cc(-c3cc(Cl)nc(OCC4CC4)c3)c2s1. The van der Waals surface area contributed by atoms with E-state index in [0.29, 0.717) is 55.1 Å². The van der Waals surface area contributed by atoms with Crippen molar-refractivity contribution in [3.05, 3.63) is 44.8 Å². The highest BCUT2D eigenvalue weighted by molar-refractivity contribution is 7.88. The molecule has 0 radical (unpaired) electrons. The van der Waals surface area contributed by atoms with Crippen LogP contribution in [0.2, 0.25) is 5.15 Å². The predicted molar refractivity (Wildman–Crippen MR) is 140 cm³/mol. The van der Waals surface area contributed by atoms with E-state index in [2.05, 4.69) is 9.88 Å². The van der Waals surface area contributed by atoms with Crippen LogP contribution in [0.4, 0.5) is 0 Å². The van der Waals surface area contributed by atoms with Crippen molar-refractivity contribution in [3.63, 3.8) is 0 Å². The fourth-order valence-electron chi connectivity index (χ4n) is 4.47. The number of piperazine rings is 1. The molecule has 0 spiro atoms. The second-order valence-corrected chi connectivity index (χ2v) is 13.1. The third-order valence-corrected chi connectivity index (χ3v) is 9.32. The number of rotatable bonds is 7. The summed E-state index contributed by atoms with van der Waals surface area (Å²) in [4.78, 5) is 20.6. The van der Waals surface area contributed by atoms with Crippen molar-refractivity contribution in [1.82, 2.24) is 18.8 Å². The summed E-state index contributed by atoms with van der Waals surface area (Å²) in [5.41, 5.74) is 1.72. The van der Waals surface area contributed by atoms with E-state index >= 15 is 0 Å². The molecule has 35 heavy (non-hydrogen) atoms. The Morgan fingerprint density at radius 2 is 2.00 bits per heavy atom. The normalized spacial score (nSPS) is 19.9. The standard InChI is InChI=1S/C24H29ClN4O4S2/c1-15-11-29(35(3,31)32)7-6-28(15)12-18-10-19-23(34-18)20(13-27(2)24(19)30)17-8-21(25)26-22(9-17)33-14-16-4-5-16/h8-10,13,15-16H,4-7,11-12,14H2,1-3H3. The molecule has 0 bridgehead atoms. The smallest absolute Gasteiger partial charge is 0.259 e. The number of nitrogens with zero attached hydrogens (tertiary/aromatic N) is 4. The lowest BCUT2D eigenvalue weighted by Gasteiger charge is -2.38. The van der Waals surface area contributed by atoms with Gasteiger partial charge in [0.25, 0.3) is 5.56 Å². The Kier molecular flexibility index (Phi) is 6.69. The van der Waals surface area contributed by atoms with E-state index in [1.165, 1.54) is 23.4 Å². The summed E-state index contributed by atoms with van der Waals surface area (Å²) in [6, 6.07) is 5.74. The third kappa shape index (κ3) is 5.41. The fraction of sp³-hybridized carbons (Fsp3) is 0.500. The van der Waals surface area contributed by atoms with Crippen LogP contribution in [0, 0.1) is 5.92 Å². The fourth-order valence-corrected chi connectivity index (χ4v) is 6.78. The molecule has 4 heterocycles. The lowest BCUT2D eigenvalue weighted by molar-refractivity contribution is 0.123. The largest absolute Gasteiger partial charge is 0.477 e. The summed E-state index contributed by atoms with van der Waals surface area (Å²) in [6.07, 6.45) is 5.48. The van der Waals surface area contributed by atoms with Gasteiger partial charge in [-0.2, -0.15) is 4.31 Å². The van der Waals surface area contributed by atoms with Crippen LogP contribution in [-0.2, 0) is 23.6 Å². The quantitative estimate of drug-likeness (QED) is 0.429. The van der Waals surface area contributed by atoms with E-state index in [1.54, 1.807) is 29.0 Å². The van der Waals surface area contributed by atoms with Crippen LogP contribution in [0.15, 0.2) is 29.2 Å². The molecule has 2 fully saturated rings. The zero-order chi connectivity index (χ0) is 24.9. The van der Waals surface area contributed by atoms with Crippen LogP contribution < -0.4 is 10.3 Å². The topological polar surface area (TPSA) is 84.7 Å². The van der Waals surface area contributed by atoms with Crippen LogP contribution in [0.5, 0.6) is 5.88 Å². The predicted octanol–water partition coefficient (Wildman–Crippen LogP) is 3.57. The van der Waals surface area contributed by atoms with Gasteiger partial charge in [0.15, 0.2) is 0 Å². The van der Waals surface area contributed by atoms with E-state index in [9.17, 15) is 13.2 Å². The van der Waals surface area contributed by atoms with Gasteiger partial charge in [0, 0.05) is 66.7 Å². The summed E-state index contributed by atoms with van der Waals surface area (Å²) < 4.78 is 33.8. The number of halogens is 1. The molecule has 11 heteroatoms. The summed E-state index contributed by atoms with van der Waals surface area (Å²) in [5, 5.41) is 1.02. The first kappa shape index (κ1) is 24.7. The highest BCUT2D eigenvalue weighted by atomic mass is 35.5. The van der Waals surface area contributed by atoms with Crippen molar-refractivity contribution in [2.24, 2.45) is 13.0 Å². The molecule has 1 aliphatic heterocycles. The molecule has 1 aliphatic carbocycles. The number of hydrogen-bond donors (Lipinski definition) is 0. The van der Waals surface area contributed by atoms with Crippen molar-refractivity contribution < 1.29 is 13.2 Å². The highest BCUT2D eigenvalue weighted by Gasteiger charge is 2.29. The second kappa shape index (κ2) is 9.48. The maximum atomic E-state index is 13.0. The minimum Gasteiger partial charge on any atom is -0.477 e. The van der Waals surface area contributed by atoms with Gasteiger partial charge < -0.3 is 9.30 Å². The van der Waals surface area contributed by atoms with Gasteiger partial charge >= 0.3 is 0 Å². The molecule has 8 nitrogen and oxygen atoms in total. The highest BCUT2D eigenvalue weighted by Crippen LogP contribution is 2.36. The first-order valence-electron chi connectivity index (χ1n) is 11.7. The molecule has 1 saturated carbocycles. The molecule has 2 aliphatic rings. The van der Waals surface area contributed by atoms with Crippen LogP contribution in [0.1, 0.15) is 24.6 Å². The van der Waals surface area contributed by atoms with Crippen molar-refractivity contribution in [3.8, 4) is 17.0 Å². The molecule has 188 valence electrons. The number of thiophene rings is 1. The Morgan fingerprint density at radius 3 is 2.69 bits per heavy atom. The Hall–Kier alpha value is -1.98. The van der Waals surface area contributed by atoms with E-state index < -0.39 is 10.0 Å². The Balaban J connectivity index is 1.46. The third-order valence-electron chi connectivity index (χ3n) is 6.70. The molecule has 3 aromatic rings. The van der Waals surface area contributed by atoms with Crippen LogP contribution in [0.3, 0.4) is 0 Å². The summed E-state index contributed by atoms with van der Waals surface area (Å²) in [6.45, 7) is 4.93. The van der Waals surface area contributed by atoms with Crippen LogP contribution in [-0.4, -0.2) is 65.7 Å². The molecule has 0 aromatic carbocycles. The number of fused-ring (bicyclic) bond motifs is 1. The van der Waals surface area contributed by atoms with Gasteiger partial charge in [-0.3, -0.25) is 9.69 Å². The van der Waals surface area contributed by atoms with E-state index in [4.69, 9.17) is 16.3 Å². The minimum atomic E-state index is -3.20. The number of hydrogen-bond acceptors (Lipinski definition) is 7. The Labute approximate surface area is 214 Å². The Bertz CT molecular complexity index is 1430. The molecule has 1 saturated heterocycles. The lowest BCUT2D eigenvalue weighted by Crippen LogP contribution is -2.52. The number of pyridine rings is 2. The van der Waals surface area contributed by atoms with Crippen molar-refractivity contribution in [1.29, 1.82) is 0 Å². The molecule has 0 N–H and O–H groups in total. The molecule has 1 unspecified atom stereocenters.